The molecule has 18 heavy (non-hydrogen) atoms. The van der Waals surface area contributed by atoms with Gasteiger partial charge < -0.3 is 5.11 Å². The van der Waals surface area contributed by atoms with E-state index in [1.807, 2.05) is 0 Å². The van der Waals surface area contributed by atoms with Crippen LogP contribution < -0.4 is 5.32 Å². The molecule has 0 radical (unpaired) electrons. The lowest BCUT2D eigenvalue weighted by molar-refractivity contribution is -0.136. The third-order valence-electron chi connectivity index (χ3n) is 2.41. The van der Waals surface area contributed by atoms with Gasteiger partial charge in [-0.3, -0.25) is 19.8 Å². The topological polar surface area (TPSA) is 112 Å². The van der Waals surface area contributed by atoms with Gasteiger partial charge in [-0.1, -0.05) is 0 Å². The van der Waals surface area contributed by atoms with Crippen molar-refractivity contribution in [3.8, 4) is 0 Å². The number of carbonyl (C=O) groups is 3. The number of hydrogen-bond acceptors (Lipinski definition) is 6. The van der Waals surface area contributed by atoms with E-state index in [0.717, 1.165) is 0 Å². The van der Waals surface area contributed by atoms with Gasteiger partial charge in [0.05, 0.1) is 18.8 Å². The van der Waals surface area contributed by atoms with E-state index in [-0.39, 0.29) is 30.9 Å². The normalized spacial score (nSPS) is 16.4. The van der Waals surface area contributed by atoms with Gasteiger partial charge in [-0.05, 0) is 0 Å². The van der Waals surface area contributed by atoms with Crippen molar-refractivity contribution in [3.63, 3.8) is 0 Å². The van der Waals surface area contributed by atoms with Gasteiger partial charge in [0.25, 0.3) is 0 Å². The Morgan fingerprint density at radius 2 is 2.06 bits per heavy atom. The Hall–Kier alpha value is -2.35. The number of piperazine rings is 1. The van der Waals surface area contributed by atoms with Gasteiger partial charge in [-0.2, -0.15) is 0 Å². The summed E-state index contributed by atoms with van der Waals surface area (Å²) in [6.07, 6.45) is 2.42. The summed E-state index contributed by atoms with van der Waals surface area (Å²) in [5.74, 6) is -1.95. The SMILES string of the molecule is O=C1CN(Cc2ncncc2C(=O)O)CC(=O)N1. The molecule has 1 aromatic rings. The minimum absolute atomic E-state index is 0.0315. The molecule has 2 heterocycles. The van der Waals surface area contributed by atoms with Crippen LogP contribution in [0, 0.1) is 0 Å². The van der Waals surface area contributed by atoms with E-state index in [1.165, 1.54) is 17.4 Å². The maximum Gasteiger partial charge on any atom is 0.339 e. The number of imide groups is 1. The van der Waals surface area contributed by atoms with E-state index in [0.29, 0.717) is 0 Å². The lowest BCUT2D eigenvalue weighted by atomic mass is 10.2. The zero-order valence-electron chi connectivity index (χ0n) is 9.29. The van der Waals surface area contributed by atoms with Gasteiger partial charge in [0.15, 0.2) is 0 Å². The number of carboxylic acid groups (broad SMARTS) is 1. The van der Waals surface area contributed by atoms with E-state index < -0.39 is 17.8 Å². The van der Waals surface area contributed by atoms with Crippen molar-refractivity contribution in [2.45, 2.75) is 6.54 Å². The summed E-state index contributed by atoms with van der Waals surface area (Å²) in [5.41, 5.74) is 0.246. The maximum atomic E-state index is 11.2. The first-order chi connectivity index (χ1) is 8.56. The van der Waals surface area contributed by atoms with Crippen molar-refractivity contribution in [2.75, 3.05) is 13.1 Å². The van der Waals surface area contributed by atoms with Crippen molar-refractivity contribution < 1.29 is 19.5 Å². The molecule has 0 aliphatic carbocycles. The van der Waals surface area contributed by atoms with Crippen LogP contribution in [0.2, 0.25) is 0 Å². The van der Waals surface area contributed by atoms with E-state index in [4.69, 9.17) is 5.11 Å². The van der Waals surface area contributed by atoms with Gasteiger partial charge in [0, 0.05) is 12.7 Å². The zero-order valence-corrected chi connectivity index (χ0v) is 9.29. The number of nitrogens with one attached hydrogen (secondary N) is 1. The number of aromatic carboxylic acids is 1. The Bertz CT molecular complexity index is 500. The van der Waals surface area contributed by atoms with Gasteiger partial charge in [0.1, 0.15) is 11.9 Å². The molecule has 1 aliphatic heterocycles. The van der Waals surface area contributed by atoms with Gasteiger partial charge in [0.2, 0.25) is 11.8 Å². The van der Waals surface area contributed by atoms with Crippen molar-refractivity contribution in [1.29, 1.82) is 0 Å². The summed E-state index contributed by atoms with van der Waals surface area (Å²) in [4.78, 5) is 42.3. The summed E-state index contributed by atoms with van der Waals surface area (Å²) in [6.45, 7) is 0.187. The van der Waals surface area contributed by atoms with Crippen LogP contribution in [0.15, 0.2) is 12.5 Å². The monoisotopic (exact) mass is 250 g/mol. The molecule has 2 rings (SSSR count). The Kier molecular flexibility index (Phi) is 3.28. The molecule has 0 saturated carbocycles. The summed E-state index contributed by atoms with van der Waals surface area (Å²) in [6, 6.07) is 0. The molecule has 1 fully saturated rings. The quantitative estimate of drug-likeness (QED) is 0.636. The van der Waals surface area contributed by atoms with Crippen LogP contribution in [0.3, 0.4) is 0 Å². The largest absolute Gasteiger partial charge is 0.478 e. The fourth-order valence-electron chi connectivity index (χ4n) is 1.68. The summed E-state index contributed by atoms with van der Waals surface area (Å²) in [5, 5.41) is 11.1. The maximum absolute atomic E-state index is 11.2. The highest BCUT2D eigenvalue weighted by Crippen LogP contribution is 2.08. The molecule has 1 aromatic heterocycles. The zero-order chi connectivity index (χ0) is 13.1. The van der Waals surface area contributed by atoms with Gasteiger partial charge in [-0.15, -0.1) is 0 Å². The second-order valence-electron chi connectivity index (χ2n) is 3.80. The molecule has 0 aromatic carbocycles. The first-order valence-corrected chi connectivity index (χ1v) is 5.13. The molecule has 2 N–H and O–H groups in total. The fraction of sp³-hybridized carbons (Fsp3) is 0.300. The van der Waals surface area contributed by atoms with E-state index >= 15 is 0 Å². The number of rotatable bonds is 3. The standard InChI is InChI=1S/C10H10N4O4/c15-8-3-14(4-9(16)13-8)2-7-6(10(17)18)1-11-5-12-7/h1,5H,2-4H2,(H,17,18)(H,13,15,16). The Morgan fingerprint density at radius 3 is 2.67 bits per heavy atom. The number of carboxylic acids is 1. The number of aromatic nitrogens is 2. The Balaban J connectivity index is 2.16. The van der Waals surface area contributed by atoms with Crippen molar-refractivity contribution in [3.05, 3.63) is 23.8 Å². The molecule has 0 spiro atoms. The molecule has 2 amide bonds. The summed E-state index contributed by atoms with van der Waals surface area (Å²) < 4.78 is 0. The number of nitrogens with zero attached hydrogens (tertiary/aromatic N) is 3. The average Bonchev–Trinajstić information content (AvgIpc) is 2.27. The van der Waals surface area contributed by atoms with Crippen LogP contribution >= 0.6 is 0 Å². The van der Waals surface area contributed by atoms with Crippen molar-refractivity contribution in [2.24, 2.45) is 0 Å². The molecule has 8 nitrogen and oxygen atoms in total. The molecule has 0 atom stereocenters. The third kappa shape index (κ3) is 2.66. The number of hydrogen-bond donors (Lipinski definition) is 2. The molecule has 94 valence electrons. The predicted molar refractivity (Wildman–Crippen MR) is 57.4 cm³/mol. The van der Waals surface area contributed by atoms with E-state index in [1.54, 1.807) is 0 Å². The van der Waals surface area contributed by atoms with Crippen molar-refractivity contribution in [1.82, 2.24) is 20.2 Å². The molecule has 0 bridgehead atoms. The predicted octanol–water partition coefficient (Wildman–Crippen LogP) is -1.37. The molecular weight excluding hydrogens is 240 g/mol. The van der Waals surface area contributed by atoms with E-state index in [9.17, 15) is 14.4 Å². The summed E-state index contributed by atoms with van der Waals surface area (Å²) >= 11 is 0. The van der Waals surface area contributed by atoms with Crippen LogP contribution in [0.1, 0.15) is 16.1 Å². The number of amides is 2. The highest BCUT2D eigenvalue weighted by Gasteiger charge is 2.24. The minimum atomic E-state index is -1.14. The lowest BCUT2D eigenvalue weighted by Gasteiger charge is -2.24. The molecule has 0 unspecified atom stereocenters. The average molecular weight is 250 g/mol. The smallest absolute Gasteiger partial charge is 0.339 e. The van der Waals surface area contributed by atoms with Gasteiger partial charge in [-0.25, -0.2) is 14.8 Å². The highest BCUT2D eigenvalue weighted by molar-refractivity contribution is 5.99. The van der Waals surface area contributed by atoms with E-state index in [2.05, 4.69) is 15.3 Å². The molecule has 1 aliphatic rings. The Morgan fingerprint density at radius 1 is 1.39 bits per heavy atom. The fourth-order valence-corrected chi connectivity index (χ4v) is 1.68. The first-order valence-electron chi connectivity index (χ1n) is 5.13. The highest BCUT2D eigenvalue weighted by atomic mass is 16.4. The lowest BCUT2D eigenvalue weighted by Crippen LogP contribution is -2.51. The first kappa shape index (κ1) is 12.1. The third-order valence-corrected chi connectivity index (χ3v) is 2.41. The van der Waals surface area contributed by atoms with Crippen LogP contribution in [0.4, 0.5) is 0 Å². The van der Waals surface area contributed by atoms with Crippen LogP contribution in [-0.2, 0) is 16.1 Å². The summed E-state index contributed by atoms with van der Waals surface area (Å²) in [7, 11) is 0. The molecule has 1 saturated heterocycles. The second-order valence-corrected chi connectivity index (χ2v) is 3.80. The minimum Gasteiger partial charge on any atom is -0.478 e. The van der Waals surface area contributed by atoms with Crippen molar-refractivity contribution >= 4 is 17.8 Å². The van der Waals surface area contributed by atoms with Crippen LogP contribution in [0.5, 0.6) is 0 Å². The molecule has 8 heteroatoms. The number of carbonyl (C=O) groups excluding carboxylic acids is 2. The van der Waals surface area contributed by atoms with Crippen LogP contribution in [0.25, 0.3) is 0 Å². The van der Waals surface area contributed by atoms with Gasteiger partial charge >= 0.3 is 5.97 Å². The second kappa shape index (κ2) is 4.88. The van der Waals surface area contributed by atoms with Crippen LogP contribution in [-0.4, -0.2) is 50.8 Å². The molecular formula is C10H10N4O4. The Labute approximate surface area is 102 Å².